The summed E-state index contributed by atoms with van der Waals surface area (Å²) in [4.78, 5) is 19.3. The number of nitrogens with one attached hydrogen (secondary N) is 1. The molecule has 5 N–H and O–H groups in total. The first-order valence-electron chi connectivity index (χ1n) is 12.3. The summed E-state index contributed by atoms with van der Waals surface area (Å²) in [7, 11) is 0. The van der Waals surface area contributed by atoms with Crippen molar-refractivity contribution in [2.45, 2.75) is 33.2 Å². The molecule has 3 aromatic rings. The molecule has 1 fully saturated rings. The highest BCUT2D eigenvalue weighted by atomic mass is 16.5. The number of hydrogen-bond acceptors (Lipinski definition) is 6. The minimum absolute atomic E-state index is 0.206. The highest BCUT2D eigenvalue weighted by Crippen LogP contribution is 2.26. The van der Waals surface area contributed by atoms with Crippen molar-refractivity contribution in [1.29, 1.82) is 0 Å². The normalized spacial score (nSPS) is 14.6. The molecule has 1 aliphatic heterocycles. The van der Waals surface area contributed by atoms with Crippen LogP contribution >= 0.6 is 0 Å². The molecule has 184 valence electrons. The van der Waals surface area contributed by atoms with Crippen molar-refractivity contribution in [3.63, 3.8) is 0 Å². The van der Waals surface area contributed by atoms with Crippen LogP contribution in [-0.2, 0) is 6.54 Å². The molecule has 2 heterocycles. The average molecular weight is 474 g/mol. The van der Waals surface area contributed by atoms with Gasteiger partial charge in [0.25, 0.3) is 5.91 Å². The molecule has 7 heteroatoms. The number of rotatable bonds is 8. The van der Waals surface area contributed by atoms with Crippen LogP contribution in [-0.4, -0.2) is 42.0 Å². The smallest absolute Gasteiger partial charge is 0.270 e. The van der Waals surface area contributed by atoms with Gasteiger partial charge in [-0.1, -0.05) is 54.1 Å². The number of nitrogens with two attached hydrogens (primary N) is 2. The Morgan fingerprint density at radius 2 is 1.69 bits per heavy atom. The van der Waals surface area contributed by atoms with Gasteiger partial charge in [-0.25, -0.2) is 4.98 Å². The van der Waals surface area contributed by atoms with Gasteiger partial charge in [-0.2, -0.15) is 0 Å². The highest BCUT2D eigenvalue weighted by Gasteiger charge is 2.21. The van der Waals surface area contributed by atoms with Gasteiger partial charge in [0.15, 0.2) is 0 Å². The van der Waals surface area contributed by atoms with E-state index in [-0.39, 0.29) is 23.2 Å². The van der Waals surface area contributed by atoms with E-state index < -0.39 is 0 Å². The molecule has 0 atom stereocenters. The van der Waals surface area contributed by atoms with Gasteiger partial charge in [-0.3, -0.25) is 9.69 Å². The number of carbonyl (C=O) groups excluding carboxylic acids is 1. The summed E-state index contributed by atoms with van der Waals surface area (Å²) in [5, 5.41) is 3.00. The number of ether oxygens (including phenoxy) is 1. The molecule has 0 spiro atoms. The molecule has 0 radical (unpaired) electrons. The molecule has 1 saturated heterocycles. The summed E-state index contributed by atoms with van der Waals surface area (Å²) in [6.45, 7) is 7.93. The zero-order chi connectivity index (χ0) is 24.8. The lowest BCUT2D eigenvalue weighted by atomic mass is 9.96. The Morgan fingerprint density at radius 1 is 1.06 bits per heavy atom. The standard InChI is InChI=1S/C28H35N5O2/c1-3-35-28-26(30)24(29)16-25(32-28)27(34)31-17-20-12-14-33(15-13-20)18-21-6-10-23(11-7-21)22-8-4-19(2)5-9-22/h4-11,16,20H,3,12-15,17-18,30H2,1-2H3,(H2,29,32)(H,31,34). The van der Waals surface area contributed by atoms with Gasteiger partial charge in [-0.05, 0) is 68.5 Å². The van der Waals surface area contributed by atoms with Crippen LogP contribution in [0.25, 0.3) is 11.1 Å². The van der Waals surface area contributed by atoms with Crippen LogP contribution in [0.2, 0.25) is 0 Å². The predicted octanol–water partition coefficient (Wildman–Crippen LogP) is 4.26. The van der Waals surface area contributed by atoms with Gasteiger partial charge >= 0.3 is 0 Å². The number of hydrogen-bond donors (Lipinski definition) is 3. The Hall–Kier alpha value is -3.58. The lowest BCUT2D eigenvalue weighted by Crippen LogP contribution is -2.38. The second-order valence-electron chi connectivity index (χ2n) is 9.24. The van der Waals surface area contributed by atoms with Crippen LogP contribution in [0.4, 0.5) is 11.4 Å². The number of pyridine rings is 1. The van der Waals surface area contributed by atoms with Gasteiger partial charge in [0.2, 0.25) is 5.88 Å². The van der Waals surface area contributed by atoms with Gasteiger partial charge in [-0.15, -0.1) is 0 Å². The Bertz CT molecular complexity index is 1140. The van der Waals surface area contributed by atoms with Crippen molar-refractivity contribution in [3.8, 4) is 17.0 Å². The zero-order valence-electron chi connectivity index (χ0n) is 20.6. The first kappa shape index (κ1) is 24.5. The van der Waals surface area contributed by atoms with E-state index in [0.717, 1.165) is 32.5 Å². The van der Waals surface area contributed by atoms with Crippen molar-refractivity contribution in [1.82, 2.24) is 15.2 Å². The Balaban J connectivity index is 1.24. The highest BCUT2D eigenvalue weighted by molar-refractivity contribution is 5.94. The van der Waals surface area contributed by atoms with Crippen LogP contribution in [0, 0.1) is 12.8 Å². The van der Waals surface area contributed by atoms with E-state index in [0.29, 0.717) is 24.8 Å². The number of likely N-dealkylation sites (tertiary alicyclic amines) is 1. The fraction of sp³-hybridized carbons (Fsp3) is 0.357. The van der Waals surface area contributed by atoms with Crippen molar-refractivity contribution in [2.75, 3.05) is 37.7 Å². The first-order chi connectivity index (χ1) is 16.9. The average Bonchev–Trinajstić information content (AvgIpc) is 2.87. The van der Waals surface area contributed by atoms with Crippen LogP contribution in [0.15, 0.2) is 54.6 Å². The van der Waals surface area contributed by atoms with E-state index in [1.807, 2.05) is 6.92 Å². The van der Waals surface area contributed by atoms with Gasteiger partial charge in [0.05, 0.1) is 12.3 Å². The van der Waals surface area contributed by atoms with Crippen molar-refractivity contribution >= 4 is 17.3 Å². The monoisotopic (exact) mass is 473 g/mol. The Labute approximate surface area is 207 Å². The molecule has 0 aliphatic carbocycles. The lowest BCUT2D eigenvalue weighted by Gasteiger charge is -2.32. The second-order valence-corrected chi connectivity index (χ2v) is 9.24. The number of aryl methyl sites for hydroxylation is 1. The van der Waals surface area contributed by atoms with Crippen molar-refractivity contribution < 1.29 is 9.53 Å². The van der Waals surface area contributed by atoms with Gasteiger partial charge < -0.3 is 21.5 Å². The maximum absolute atomic E-state index is 12.6. The number of piperidine rings is 1. The fourth-order valence-electron chi connectivity index (χ4n) is 4.40. The number of nitrogens with zero attached hydrogens (tertiary/aromatic N) is 2. The van der Waals surface area contributed by atoms with Crippen molar-refractivity contribution in [3.05, 3.63) is 71.4 Å². The Morgan fingerprint density at radius 3 is 2.31 bits per heavy atom. The second kappa shape index (κ2) is 11.2. The lowest BCUT2D eigenvalue weighted by molar-refractivity contribution is 0.0929. The molecule has 0 bridgehead atoms. The van der Waals surface area contributed by atoms with E-state index in [1.165, 1.54) is 28.3 Å². The van der Waals surface area contributed by atoms with E-state index in [1.54, 1.807) is 0 Å². The summed E-state index contributed by atoms with van der Waals surface area (Å²) in [6, 6.07) is 19.0. The van der Waals surface area contributed by atoms with Gasteiger partial charge in [0, 0.05) is 13.1 Å². The summed E-state index contributed by atoms with van der Waals surface area (Å²) in [5.41, 5.74) is 17.7. The molecule has 1 aromatic heterocycles. The SMILES string of the molecule is CCOc1nc(C(=O)NCC2CCN(Cc3ccc(-c4ccc(C)cc4)cc3)CC2)cc(N)c1N. The van der Waals surface area contributed by atoms with E-state index in [4.69, 9.17) is 16.2 Å². The summed E-state index contributed by atoms with van der Waals surface area (Å²) >= 11 is 0. The third-order valence-electron chi connectivity index (χ3n) is 6.57. The molecule has 0 saturated carbocycles. The topological polar surface area (TPSA) is 106 Å². The molecule has 1 aliphatic rings. The summed E-state index contributed by atoms with van der Waals surface area (Å²) < 4.78 is 5.39. The van der Waals surface area contributed by atoms with Gasteiger partial charge in [0.1, 0.15) is 11.4 Å². The van der Waals surface area contributed by atoms with Crippen LogP contribution in [0.1, 0.15) is 41.4 Å². The number of nitrogen functional groups attached to an aromatic ring is 2. The number of carbonyl (C=O) groups is 1. The molecule has 35 heavy (non-hydrogen) atoms. The van der Waals surface area contributed by atoms with Crippen LogP contribution in [0.5, 0.6) is 5.88 Å². The molecular formula is C28H35N5O2. The third-order valence-corrected chi connectivity index (χ3v) is 6.57. The van der Waals surface area contributed by atoms with Crippen molar-refractivity contribution in [2.24, 2.45) is 5.92 Å². The maximum Gasteiger partial charge on any atom is 0.270 e. The van der Waals surface area contributed by atoms with E-state index in [9.17, 15) is 4.79 Å². The fourth-order valence-corrected chi connectivity index (χ4v) is 4.40. The zero-order valence-corrected chi connectivity index (χ0v) is 20.6. The molecule has 4 rings (SSSR count). The number of amides is 1. The number of anilines is 2. The molecule has 7 nitrogen and oxygen atoms in total. The quantitative estimate of drug-likeness (QED) is 0.451. The number of benzene rings is 2. The maximum atomic E-state index is 12.6. The van der Waals surface area contributed by atoms with Crippen LogP contribution in [0.3, 0.4) is 0 Å². The van der Waals surface area contributed by atoms with E-state index >= 15 is 0 Å². The predicted molar refractivity (Wildman–Crippen MR) is 141 cm³/mol. The Kier molecular flexibility index (Phi) is 7.87. The minimum Gasteiger partial charge on any atom is -0.476 e. The molecular weight excluding hydrogens is 438 g/mol. The number of aromatic nitrogens is 1. The summed E-state index contributed by atoms with van der Waals surface area (Å²) in [5.74, 6) is 0.392. The summed E-state index contributed by atoms with van der Waals surface area (Å²) in [6.07, 6.45) is 2.09. The largest absolute Gasteiger partial charge is 0.476 e. The molecule has 1 amide bonds. The molecule has 0 unspecified atom stereocenters. The van der Waals surface area contributed by atoms with E-state index in [2.05, 4.69) is 70.7 Å². The van der Waals surface area contributed by atoms with Crippen LogP contribution < -0.4 is 21.5 Å². The third kappa shape index (κ3) is 6.31. The molecule has 2 aromatic carbocycles. The first-order valence-corrected chi connectivity index (χ1v) is 12.3. The minimum atomic E-state index is -0.256.